The van der Waals surface area contributed by atoms with Crippen LogP contribution in [-0.2, 0) is 0 Å². The lowest BCUT2D eigenvalue weighted by Crippen LogP contribution is -2.01. The highest BCUT2D eigenvalue weighted by Gasteiger charge is 2.18. The number of aliphatic hydroxyl groups excluding tert-OH is 1. The van der Waals surface area contributed by atoms with Gasteiger partial charge in [-0.05, 0) is 30.9 Å². The van der Waals surface area contributed by atoms with Gasteiger partial charge in [0.05, 0.1) is 6.10 Å². The van der Waals surface area contributed by atoms with Gasteiger partial charge in [0.2, 0.25) is 0 Å². The second kappa shape index (κ2) is 3.54. The fourth-order valence-corrected chi connectivity index (χ4v) is 1.45. The van der Waals surface area contributed by atoms with Gasteiger partial charge in [-0.2, -0.15) is 0 Å². The van der Waals surface area contributed by atoms with Crippen LogP contribution in [0, 0.1) is 0 Å². The summed E-state index contributed by atoms with van der Waals surface area (Å²) in [6, 6.07) is 0. The summed E-state index contributed by atoms with van der Waals surface area (Å²) in [6.07, 6.45) is 7.35. The number of hydrogen-bond acceptors (Lipinski definition) is 1. The zero-order valence-corrected chi connectivity index (χ0v) is 6.88. The summed E-state index contributed by atoms with van der Waals surface area (Å²) in [6.45, 7) is 5.66. The van der Waals surface area contributed by atoms with Crippen molar-refractivity contribution in [2.45, 2.75) is 25.9 Å². The minimum absolute atomic E-state index is 0.279. The summed E-state index contributed by atoms with van der Waals surface area (Å²) in [5.74, 6) is 0. The molecule has 0 saturated heterocycles. The predicted octanol–water partition coefficient (Wildman–Crippen LogP) is 2.20. The molecule has 0 saturated carbocycles. The van der Waals surface area contributed by atoms with Crippen LogP contribution >= 0.6 is 0 Å². The van der Waals surface area contributed by atoms with Gasteiger partial charge in [-0.25, -0.2) is 0 Å². The topological polar surface area (TPSA) is 20.2 Å². The van der Waals surface area contributed by atoms with Crippen LogP contribution in [-0.4, -0.2) is 11.2 Å². The molecule has 0 aromatic carbocycles. The standard InChI is InChI=1S/C10H14O/c1-3-5-8-6-7-10(11)9(8)4-2/h3-5,10-11H,2,6-7H2,1H3/b5-3-. The largest absolute Gasteiger partial charge is 0.388 e. The molecule has 0 aromatic heterocycles. The number of rotatable bonds is 2. The van der Waals surface area contributed by atoms with Gasteiger partial charge in [0.15, 0.2) is 0 Å². The van der Waals surface area contributed by atoms with E-state index in [2.05, 4.69) is 6.58 Å². The molecule has 1 nitrogen and oxygen atoms in total. The zero-order chi connectivity index (χ0) is 8.27. The van der Waals surface area contributed by atoms with Gasteiger partial charge in [0.25, 0.3) is 0 Å². The van der Waals surface area contributed by atoms with Gasteiger partial charge in [-0.15, -0.1) is 0 Å². The van der Waals surface area contributed by atoms with Crippen molar-refractivity contribution in [3.63, 3.8) is 0 Å². The van der Waals surface area contributed by atoms with Crippen LogP contribution in [0.4, 0.5) is 0 Å². The van der Waals surface area contributed by atoms with E-state index in [0.717, 1.165) is 18.4 Å². The van der Waals surface area contributed by atoms with E-state index in [0.29, 0.717) is 0 Å². The van der Waals surface area contributed by atoms with Gasteiger partial charge in [-0.1, -0.05) is 24.8 Å². The highest BCUT2D eigenvalue weighted by molar-refractivity contribution is 5.38. The summed E-state index contributed by atoms with van der Waals surface area (Å²) in [5, 5.41) is 9.42. The Balaban J connectivity index is 2.88. The predicted molar refractivity (Wildman–Crippen MR) is 47.3 cm³/mol. The third kappa shape index (κ3) is 1.60. The normalized spacial score (nSPS) is 25.1. The molecule has 0 radical (unpaired) electrons. The van der Waals surface area contributed by atoms with E-state index in [1.165, 1.54) is 5.57 Å². The highest BCUT2D eigenvalue weighted by atomic mass is 16.3. The summed E-state index contributed by atoms with van der Waals surface area (Å²) in [4.78, 5) is 0. The molecule has 60 valence electrons. The first-order valence-corrected chi connectivity index (χ1v) is 3.95. The molecule has 1 N–H and O–H groups in total. The molecule has 0 aromatic rings. The van der Waals surface area contributed by atoms with Crippen molar-refractivity contribution in [3.05, 3.63) is 36.0 Å². The Morgan fingerprint density at radius 3 is 2.91 bits per heavy atom. The minimum atomic E-state index is -0.279. The molecule has 1 aliphatic carbocycles. The Kier molecular flexibility index (Phi) is 2.66. The molecule has 1 heteroatoms. The lowest BCUT2D eigenvalue weighted by molar-refractivity contribution is 0.215. The van der Waals surface area contributed by atoms with Crippen LogP contribution in [0.15, 0.2) is 36.0 Å². The monoisotopic (exact) mass is 150 g/mol. The Labute approximate surface area is 67.7 Å². The first kappa shape index (κ1) is 8.28. The van der Waals surface area contributed by atoms with E-state index in [-0.39, 0.29) is 6.10 Å². The van der Waals surface area contributed by atoms with Crippen LogP contribution in [0.3, 0.4) is 0 Å². The Morgan fingerprint density at radius 1 is 1.64 bits per heavy atom. The van der Waals surface area contributed by atoms with Crippen molar-refractivity contribution in [1.29, 1.82) is 0 Å². The molecule has 0 amide bonds. The van der Waals surface area contributed by atoms with Crippen molar-refractivity contribution in [2.75, 3.05) is 0 Å². The summed E-state index contributed by atoms with van der Waals surface area (Å²) >= 11 is 0. The smallest absolute Gasteiger partial charge is 0.0795 e. The van der Waals surface area contributed by atoms with Gasteiger partial charge in [0.1, 0.15) is 0 Å². The molecule has 1 rings (SSSR count). The third-order valence-electron chi connectivity index (χ3n) is 2.00. The maximum atomic E-state index is 9.42. The zero-order valence-electron chi connectivity index (χ0n) is 6.88. The second-order valence-corrected chi connectivity index (χ2v) is 2.74. The number of allylic oxidation sites excluding steroid dienone is 3. The fourth-order valence-electron chi connectivity index (χ4n) is 1.45. The average molecular weight is 150 g/mol. The highest BCUT2D eigenvalue weighted by Crippen LogP contribution is 2.27. The van der Waals surface area contributed by atoms with Crippen LogP contribution in [0.5, 0.6) is 0 Å². The third-order valence-corrected chi connectivity index (χ3v) is 2.00. The summed E-state index contributed by atoms with van der Waals surface area (Å²) in [7, 11) is 0. The van der Waals surface area contributed by atoms with Crippen LogP contribution in [0.25, 0.3) is 0 Å². The molecular formula is C10H14O. The van der Waals surface area contributed by atoms with Crippen molar-refractivity contribution in [1.82, 2.24) is 0 Å². The van der Waals surface area contributed by atoms with Gasteiger partial charge in [0, 0.05) is 0 Å². The molecular weight excluding hydrogens is 136 g/mol. The lowest BCUT2D eigenvalue weighted by Gasteiger charge is -2.01. The van der Waals surface area contributed by atoms with Crippen LogP contribution in [0.1, 0.15) is 19.8 Å². The minimum Gasteiger partial charge on any atom is -0.388 e. The molecule has 0 fully saturated rings. The van der Waals surface area contributed by atoms with E-state index in [1.807, 2.05) is 19.1 Å². The van der Waals surface area contributed by atoms with E-state index in [1.54, 1.807) is 6.08 Å². The summed E-state index contributed by atoms with van der Waals surface area (Å²) < 4.78 is 0. The molecule has 1 unspecified atom stereocenters. The number of hydrogen-bond donors (Lipinski definition) is 1. The maximum Gasteiger partial charge on any atom is 0.0795 e. The molecule has 11 heavy (non-hydrogen) atoms. The SMILES string of the molecule is C=CC1=C(/C=C\C)CCC1O. The average Bonchev–Trinajstić information content (AvgIpc) is 2.33. The molecule has 1 aliphatic rings. The fraction of sp³-hybridized carbons (Fsp3) is 0.400. The first-order chi connectivity index (χ1) is 5.29. The molecule has 0 heterocycles. The van der Waals surface area contributed by atoms with Crippen molar-refractivity contribution < 1.29 is 5.11 Å². The van der Waals surface area contributed by atoms with Crippen molar-refractivity contribution in [2.24, 2.45) is 0 Å². The van der Waals surface area contributed by atoms with E-state index in [4.69, 9.17) is 0 Å². The molecule has 1 atom stereocenters. The first-order valence-electron chi connectivity index (χ1n) is 3.95. The molecule has 0 aliphatic heterocycles. The van der Waals surface area contributed by atoms with Crippen molar-refractivity contribution in [3.8, 4) is 0 Å². The Bertz CT molecular complexity index is 211. The van der Waals surface area contributed by atoms with Gasteiger partial charge >= 0.3 is 0 Å². The summed E-state index contributed by atoms with van der Waals surface area (Å²) in [5.41, 5.74) is 2.23. The second-order valence-electron chi connectivity index (χ2n) is 2.74. The van der Waals surface area contributed by atoms with Gasteiger partial charge < -0.3 is 5.11 Å². The lowest BCUT2D eigenvalue weighted by atomic mass is 10.1. The molecule has 0 bridgehead atoms. The maximum absolute atomic E-state index is 9.42. The number of aliphatic hydroxyl groups is 1. The quantitative estimate of drug-likeness (QED) is 0.639. The van der Waals surface area contributed by atoms with Crippen LogP contribution in [0.2, 0.25) is 0 Å². The van der Waals surface area contributed by atoms with E-state index >= 15 is 0 Å². The van der Waals surface area contributed by atoms with E-state index in [9.17, 15) is 5.11 Å². The van der Waals surface area contributed by atoms with Crippen molar-refractivity contribution >= 4 is 0 Å². The van der Waals surface area contributed by atoms with Crippen LogP contribution < -0.4 is 0 Å². The molecule has 0 spiro atoms. The Morgan fingerprint density at radius 2 is 2.36 bits per heavy atom. The Hall–Kier alpha value is -0.820. The van der Waals surface area contributed by atoms with Gasteiger partial charge in [-0.3, -0.25) is 0 Å². The van der Waals surface area contributed by atoms with E-state index < -0.39 is 0 Å².